The first-order valence-electron chi connectivity index (χ1n) is 6.52. The van der Waals surface area contributed by atoms with Gasteiger partial charge in [-0.3, -0.25) is 0 Å². The fourth-order valence-corrected chi connectivity index (χ4v) is 2.76. The Labute approximate surface area is 138 Å². The van der Waals surface area contributed by atoms with Crippen molar-refractivity contribution in [1.29, 1.82) is 0 Å². The standard InChI is InChI=1S/C16H17BrClNO2/c1-10(19)16(11-3-6-13(20-2)7-4-11)21-15-8-5-12(18)9-14(15)17/h3-10,16H,19H2,1-2H3. The first kappa shape index (κ1) is 16.1. The third kappa shape index (κ3) is 4.13. The van der Waals surface area contributed by atoms with Crippen LogP contribution in [0.25, 0.3) is 0 Å². The molecule has 5 heteroatoms. The molecule has 2 rings (SSSR count). The molecule has 0 radical (unpaired) electrons. The Bertz CT molecular complexity index is 602. The zero-order valence-electron chi connectivity index (χ0n) is 11.8. The van der Waals surface area contributed by atoms with Gasteiger partial charge in [0, 0.05) is 11.1 Å². The summed E-state index contributed by atoms with van der Waals surface area (Å²) in [6.07, 6.45) is -0.256. The molecule has 2 aromatic rings. The summed E-state index contributed by atoms with van der Waals surface area (Å²) in [6.45, 7) is 1.92. The van der Waals surface area contributed by atoms with Gasteiger partial charge in [0.1, 0.15) is 17.6 Å². The predicted octanol–water partition coefficient (Wildman–Crippen LogP) is 4.58. The molecule has 0 amide bonds. The van der Waals surface area contributed by atoms with Crippen LogP contribution in [0.4, 0.5) is 0 Å². The van der Waals surface area contributed by atoms with Crippen molar-refractivity contribution in [2.45, 2.75) is 19.1 Å². The second kappa shape index (κ2) is 7.16. The zero-order chi connectivity index (χ0) is 15.4. The summed E-state index contributed by atoms with van der Waals surface area (Å²) < 4.78 is 12.0. The number of methoxy groups -OCH3 is 1. The van der Waals surface area contributed by atoms with Gasteiger partial charge in [0.25, 0.3) is 0 Å². The van der Waals surface area contributed by atoms with Gasteiger partial charge in [-0.1, -0.05) is 23.7 Å². The minimum atomic E-state index is -0.256. The molecule has 2 unspecified atom stereocenters. The van der Waals surface area contributed by atoms with Gasteiger partial charge in [0.05, 0.1) is 11.6 Å². The van der Waals surface area contributed by atoms with Crippen LogP contribution in [0.5, 0.6) is 11.5 Å². The van der Waals surface area contributed by atoms with Gasteiger partial charge in [-0.2, -0.15) is 0 Å². The number of halogens is 2. The van der Waals surface area contributed by atoms with E-state index in [-0.39, 0.29) is 12.1 Å². The monoisotopic (exact) mass is 369 g/mol. The number of benzene rings is 2. The van der Waals surface area contributed by atoms with Crippen LogP contribution in [0.1, 0.15) is 18.6 Å². The quantitative estimate of drug-likeness (QED) is 0.838. The number of hydrogen-bond donors (Lipinski definition) is 1. The fourth-order valence-electron chi connectivity index (χ4n) is 1.98. The molecule has 3 nitrogen and oxygen atoms in total. The Balaban J connectivity index is 2.26. The van der Waals surface area contributed by atoms with Crippen molar-refractivity contribution in [3.05, 3.63) is 57.5 Å². The molecular weight excluding hydrogens is 354 g/mol. The lowest BCUT2D eigenvalue weighted by Gasteiger charge is -2.24. The molecular formula is C16H17BrClNO2. The summed E-state index contributed by atoms with van der Waals surface area (Å²) in [7, 11) is 1.64. The molecule has 0 aromatic heterocycles. The van der Waals surface area contributed by atoms with E-state index in [1.807, 2.05) is 37.3 Å². The maximum absolute atomic E-state index is 6.07. The molecule has 0 saturated carbocycles. The Hall–Kier alpha value is -1.23. The van der Waals surface area contributed by atoms with Gasteiger partial charge in [0.2, 0.25) is 0 Å². The molecule has 0 bridgehead atoms. The van der Waals surface area contributed by atoms with Crippen molar-refractivity contribution in [1.82, 2.24) is 0 Å². The first-order valence-corrected chi connectivity index (χ1v) is 7.69. The van der Waals surface area contributed by atoms with E-state index in [4.69, 9.17) is 26.8 Å². The molecule has 112 valence electrons. The van der Waals surface area contributed by atoms with Crippen LogP contribution in [0.15, 0.2) is 46.9 Å². The fraction of sp³-hybridized carbons (Fsp3) is 0.250. The summed E-state index contributed by atoms with van der Waals surface area (Å²) >= 11 is 9.39. The summed E-state index contributed by atoms with van der Waals surface area (Å²) in [5.74, 6) is 1.51. The van der Waals surface area contributed by atoms with Crippen molar-refractivity contribution in [2.75, 3.05) is 7.11 Å². The SMILES string of the molecule is COc1ccc(C(Oc2ccc(Cl)cc2Br)C(C)N)cc1. The highest BCUT2D eigenvalue weighted by Gasteiger charge is 2.19. The maximum Gasteiger partial charge on any atom is 0.139 e. The minimum absolute atomic E-state index is 0.166. The molecule has 0 aliphatic rings. The van der Waals surface area contributed by atoms with Gasteiger partial charge in [-0.05, 0) is 58.7 Å². The van der Waals surface area contributed by atoms with E-state index < -0.39 is 0 Å². The van der Waals surface area contributed by atoms with Crippen LogP contribution < -0.4 is 15.2 Å². The lowest BCUT2D eigenvalue weighted by molar-refractivity contribution is 0.179. The molecule has 21 heavy (non-hydrogen) atoms. The van der Waals surface area contributed by atoms with Crippen LogP contribution in [-0.2, 0) is 0 Å². The molecule has 2 aromatic carbocycles. The molecule has 2 N–H and O–H groups in total. The lowest BCUT2D eigenvalue weighted by atomic mass is 10.0. The molecule has 0 heterocycles. The Kier molecular flexibility index (Phi) is 5.51. The van der Waals surface area contributed by atoms with Gasteiger partial charge < -0.3 is 15.2 Å². The molecule has 0 saturated heterocycles. The van der Waals surface area contributed by atoms with E-state index in [0.717, 1.165) is 15.8 Å². The van der Waals surface area contributed by atoms with Crippen LogP contribution in [0, 0.1) is 0 Å². The normalized spacial score (nSPS) is 13.6. The second-order valence-electron chi connectivity index (χ2n) is 4.75. The largest absolute Gasteiger partial charge is 0.497 e. The highest BCUT2D eigenvalue weighted by molar-refractivity contribution is 9.10. The van der Waals surface area contributed by atoms with Crippen LogP contribution in [0.2, 0.25) is 5.02 Å². The number of ether oxygens (including phenoxy) is 2. The molecule has 2 atom stereocenters. The highest BCUT2D eigenvalue weighted by atomic mass is 79.9. The summed E-state index contributed by atoms with van der Waals surface area (Å²) in [5.41, 5.74) is 7.06. The van der Waals surface area contributed by atoms with Crippen molar-refractivity contribution in [3.63, 3.8) is 0 Å². The first-order chi connectivity index (χ1) is 10.0. The molecule has 0 aliphatic carbocycles. The number of hydrogen-bond acceptors (Lipinski definition) is 3. The highest BCUT2D eigenvalue weighted by Crippen LogP contribution is 2.33. The van der Waals surface area contributed by atoms with Crippen molar-refractivity contribution < 1.29 is 9.47 Å². The van der Waals surface area contributed by atoms with Gasteiger partial charge in [-0.25, -0.2) is 0 Å². The van der Waals surface area contributed by atoms with E-state index in [0.29, 0.717) is 10.8 Å². The summed E-state index contributed by atoms with van der Waals surface area (Å²) in [6, 6.07) is 12.9. The average Bonchev–Trinajstić information content (AvgIpc) is 2.46. The van der Waals surface area contributed by atoms with E-state index in [9.17, 15) is 0 Å². The van der Waals surface area contributed by atoms with E-state index in [1.54, 1.807) is 19.2 Å². The van der Waals surface area contributed by atoms with E-state index in [1.165, 1.54) is 0 Å². The van der Waals surface area contributed by atoms with Crippen LogP contribution in [0.3, 0.4) is 0 Å². The average molecular weight is 371 g/mol. The second-order valence-corrected chi connectivity index (χ2v) is 6.04. The Morgan fingerprint density at radius 2 is 1.81 bits per heavy atom. The van der Waals surface area contributed by atoms with Crippen molar-refractivity contribution in [3.8, 4) is 11.5 Å². The van der Waals surface area contributed by atoms with Gasteiger partial charge in [0.15, 0.2) is 0 Å². The third-order valence-corrected chi connectivity index (χ3v) is 3.92. The Morgan fingerprint density at radius 3 is 2.33 bits per heavy atom. The van der Waals surface area contributed by atoms with Gasteiger partial charge in [-0.15, -0.1) is 0 Å². The number of nitrogens with two attached hydrogens (primary N) is 1. The lowest BCUT2D eigenvalue weighted by Crippen LogP contribution is -2.29. The molecule has 0 spiro atoms. The predicted molar refractivity (Wildman–Crippen MR) is 89.2 cm³/mol. The smallest absolute Gasteiger partial charge is 0.139 e. The number of rotatable bonds is 5. The molecule has 0 fully saturated rings. The topological polar surface area (TPSA) is 44.5 Å². The van der Waals surface area contributed by atoms with Crippen LogP contribution in [-0.4, -0.2) is 13.2 Å². The van der Waals surface area contributed by atoms with Crippen molar-refractivity contribution in [2.24, 2.45) is 5.73 Å². The van der Waals surface area contributed by atoms with Gasteiger partial charge >= 0.3 is 0 Å². The Morgan fingerprint density at radius 1 is 1.14 bits per heavy atom. The van der Waals surface area contributed by atoms with Crippen molar-refractivity contribution >= 4 is 27.5 Å². The van der Waals surface area contributed by atoms with Crippen LogP contribution >= 0.6 is 27.5 Å². The zero-order valence-corrected chi connectivity index (χ0v) is 14.2. The minimum Gasteiger partial charge on any atom is -0.497 e. The molecule has 0 aliphatic heterocycles. The van der Waals surface area contributed by atoms with E-state index in [2.05, 4.69) is 15.9 Å². The summed E-state index contributed by atoms with van der Waals surface area (Å²) in [5, 5.41) is 0.649. The summed E-state index contributed by atoms with van der Waals surface area (Å²) in [4.78, 5) is 0. The van der Waals surface area contributed by atoms with E-state index >= 15 is 0 Å². The maximum atomic E-state index is 6.07. The third-order valence-electron chi connectivity index (χ3n) is 3.07.